The molecule has 1 aromatic rings. The van der Waals surface area contributed by atoms with E-state index in [1.54, 1.807) is 0 Å². The molecule has 1 aromatic heterocycles. The van der Waals surface area contributed by atoms with Crippen LogP contribution in [0.2, 0.25) is 0 Å². The van der Waals surface area contributed by atoms with Gasteiger partial charge in [0.1, 0.15) is 18.1 Å². The first-order valence-corrected chi connectivity index (χ1v) is 5.58. The summed E-state index contributed by atoms with van der Waals surface area (Å²) in [4.78, 5) is 15.3. The Morgan fingerprint density at radius 1 is 1.61 bits per heavy atom. The molecule has 8 heteroatoms. The maximum atomic E-state index is 11.7. The minimum absolute atomic E-state index is 0.0935. The molecular formula is C10H16N4O4. The Morgan fingerprint density at radius 2 is 2.33 bits per heavy atom. The quantitative estimate of drug-likeness (QED) is 0.487. The molecule has 2 rings (SSSR count). The van der Waals surface area contributed by atoms with Gasteiger partial charge in [-0.1, -0.05) is 0 Å². The van der Waals surface area contributed by atoms with Crippen LogP contribution in [0.5, 0.6) is 0 Å². The molecule has 3 atom stereocenters. The molecule has 1 fully saturated rings. The molecule has 2 heterocycles. The highest BCUT2D eigenvalue weighted by Crippen LogP contribution is 2.27. The van der Waals surface area contributed by atoms with Gasteiger partial charge in [0.2, 0.25) is 0 Å². The molecule has 1 unspecified atom stereocenters. The van der Waals surface area contributed by atoms with Crippen LogP contribution < -0.4 is 17.2 Å². The van der Waals surface area contributed by atoms with Crippen LogP contribution in [0.15, 0.2) is 11.0 Å². The van der Waals surface area contributed by atoms with E-state index in [0.29, 0.717) is 5.56 Å². The van der Waals surface area contributed by atoms with Crippen LogP contribution in [0.1, 0.15) is 18.2 Å². The van der Waals surface area contributed by atoms with Gasteiger partial charge >= 0.3 is 5.69 Å². The summed E-state index contributed by atoms with van der Waals surface area (Å²) in [5.74, 6) is 0.0935. The molecule has 0 amide bonds. The normalized spacial score (nSPS) is 27.6. The van der Waals surface area contributed by atoms with E-state index in [2.05, 4.69) is 4.98 Å². The number of hydrogen-bond acceptors (Lipinski definition) is 7. The second-order valence-electron chi connectivity index (χ2n) is 4.16. The molecule has 0 aliphatic carbocycles. The highest BCUT2D eigenvalue weighted by Gasteiger charge is 2.35. The number of ether oxygens (including phenoxy) is 1. The Balaban J connectivity index is 2.32. The largest absolute Gasteiger partial charge is 0.394 e. The van der Waals surface area contributed by atoms with Crippen molar-refractivity contribution >= 4 is 5.82 Å². The minimum Gasteiger partial charge on any atom is -0.394 e. The van der Waals surface area contributed by atoms with Crippen LogP contribution in [-0.2, 0) is 11.3 Å². The van der Waals surface area contributed by atoms with E-state index in [-0.39, 0.29) is 25.4 Å². The van der Waals surface area contributed by atoms with E-state index in [9.17, 15) is 9.90 Å². The van der Waals surface area contributed by atoms with E-state index < -0.39 is 24.1 Å². The monoisotopic (exact) mass is 256 g/mol. The Kier molecular flexibility index (Phi) is 3.62. The van der Waals surface area contributed by atoms with Gasteiger partial charge < -0.3 is 26.4 Å². The third-order valence-corrected chi connectivity index (χ3v) is 2.98. The fraction of sp³-hybridized carbons (Fsp3) is 0.600. The van der Waals surface area contributed by atoms with Gasteiger partial charge in [-0.3, -0.25) is 4.57 Å². The number of nitrogen functional groups attached to an aromatic ring is 1. The second kappa shape index (κ2) is 5.02. The van der Waals surface area contributed by atoms with Crippen molar-refractivity contribution in [3.8, 4) is 0 Å². The molecule has 0 spiro atoms. The molecule has 1 aliphatic rings. The maximum absolute atomic E-state index is 11.7. The van der Waals surface area contributed by atoms with Gasteiger partial charge in [0.05, 0.1) is 12.7 Å². The second-order valence-corrected chi connectivity index (χ2v) is 4.16. The van der Waals surface area contributed by atoms with Gasteiger partial charge in [-0.05, 0) is 0 Å². The van der Waals surface area contributed by atoms with Crippen LogP contribution in [0.25, 0.3) is 0 Å². The standard InChI is InChI=1S/C10H16N4O4/c11-2-5-3-14(10(17)13-9(5)12)8-1-6(16)7(4-15)18-8/h3,6-8,15-16H,1-2,4,11H2,(H2,12,13,17)/t6?,7-,8-/m1/s1. The number of aliphatic hydroxyl groups excluding tert-OH is 2. The van der Waals surface area contributed by atoms with Crippen molar-refractivity contribution in [2.24, 2.45) is 5.73 Å². The molecule has 0 aromatic carbocycles. The fourth-order valence-corrected chi connectivity index (χ4v) is 1.94. The average molecular weight is 256 g/mol. The number of nitrogens with two attached hydrogens (primary N) is 2. The van der Waals surface area contributed by atoms with Crippen LogP contribution in [0.4, 0.5) is 5.82 Å². The van der Waals surface area contributed by atoms with Crippen LogP contribution >= 0.6 is 0 Å². The summed E-state index contributed by atoms with van der Waals surface area (Å²) in [5.41, 5.74) is 11.0. The Hall–Kier alpha value is -1.48. The van der Waals surface area contributed by atoms with Gasteiger partial charge in [0.25, 0.3) is 0 Å². The van der Waals surface area contributed by atoms with Crippen molar-refractivity contribution in [2.75, 3.05) is 12.3 Å². The zero-order valence-corrected chi connectivity index (χ0v) is 9.69. The minimum atomic E-state index is -0.814. The smallest absolute Gasteiger partial charge is 0.351 e. The average Bonchev–Trinajstić information content (AvgIpc) is 2.70. The zero-order chi connectivity index (χ0) is 13.3. The summed E-state index contributed by atoms with van der Waals surface area (Å²) in [5, 5.41) is 18.6. The van der Waals surface area contributed by atoms with Crippen LogP contribution in [0, 0.1) is 0 Å². The summed E-state index contributed by atoms with van der Waals surface area (Å²) >= 11 is 0. The van der Waals surface area contributed by atoms with E-state index in [4.69, 9.17) is 21.3 Å². The predicted molar refractivity (Wildman–Crippen MR) is 62.4 cm³/mol. The van der Waals surface area contributed by atoms with Crippen molar-refractivity contribution in [1.82, 2.24) is 9.55 Å². The van der Waals surface area contributed by atoms with E-state index in [1.165, 1.54) is 10.8 Å². The SMILES string of the molecule is NCc1cn([C@H]2CC(O)[C@@H](CO)O2)c(=O)nc1N. The number of aromatic nitrogens is 2. The predicted octanol–water partition coefficient (Wildman–Crippen LogP) is -2.08. The van der Waals surface area contributed by atoms with Crippen molar-refractivity contribution in [3.63, 3.8) is 0 Å². The molecule has 1 aliphatic heterocycles. The van der Waals surface area contributed by atoms with Crippen molar-refractivity contribution < 1.29 is 14.9 Å². The van der Waals surface area contributed by atoms with Gasteiger partial charge in [0.15, 0.2) is 0 Å². The van der Waals surface area contributed by atoms with Crippen LogP contribution in [0.3, 0.4) is 0 Å². The van der Waals surface area contributed by atoms with Gasteiger partial charge in [-0.25, -0.2) is 4.79 Å². The lowest BCUT2D eigenvalue weighted by Gasteiger charge is -2.15. The van der Waals surface area contributed by atoms with Crippen molar-refractivity contribution in [1.29, 1.82) is 0 Å². The Morgan fingerprint density at radius 3 is 2.89 bits per heavy atom. The molecule has 0 radical (unpaired) electrons. The number of aliphatic hydroxyl groups is 2. The summed E-state index contributed by atoms with van der Waals surface area (Å²) in [7, 11) is 0. The summed E-state index contributed by atoms with van der Waals surface area (Å²) < 4.78 is 6.60. The van der Waals surface area contributed by atoms with Gasteiger partial charge in [-0.15, -0.1) is 0 Å². The highest BCUT2D eigenvalue weighted by atomic mass is 16.5. The third kappa shape index (κ3) is 2.23. The summed E-state index contributed by atoms with van der Waals surface area (Å²) in [6, 6.07) is 0. The number of hydrogen-bond donors (Lipinski definition) is 4. The summed E-state index contributed by atoms with van der Waals surface area (Å²) in [6.07, 6.45) is -0.489. The fourth-order valence-electron chi connectivity index (χ4n) is 1.94. The highest BCUT2D eigenvalue weighted by molar-refractivity contribution is 5.36. The maximum Gasteiger partial charge on any atom is 0.351 e. The number of nitrogens with zero attached hydrogens (tertiary/aromatic N) is 2. The molecule has 0 saturated carbocycles. The molecule has 100 valence electrons. The number of anilines is 1. The molecular weight excluding hydrogens is 240 g/mol. The Bertz CT molecular complexity index is 489. The van der Waals surface area contributed by atoms with E-state index >= 15 is 0 Å². The van der Waals surface area contributed by atoms with E-state index in [1.807, 2.05) is 0 Å². The lowest BCUT2D eigenvalue weighted by molar-refractivity contribution is -0.0459. The first-order valence-electron chi connectivity index (χ1n) is 5.58. The first-order chi connectivity index (χ1) is 8.56. The molecule has 0 bridgehead atoms. The lowest BCUT2D eigenvalue weighted by Crippen LogP contribution is -2.29. The molecule has 8 nitrogen and oxygen atoms in total. The topological polar surface area (TPSA) is 137 Å². The Labute approximate surface area is 103 Å². The molecule has 1 saturated heterocycles. The lowest BCUT2D eigenvalue weighted by atomic mass is 10.2. The van der Waals surface area contributed by atoms with Gasteiger partial charge in [-0.2, -0.15) is 4.98 Å². The zero-order valence-electron chi connectivity index (χ0n) is 9.69. The van der Waals surface area contributed by atoms with Crippen molar-refractivity contribution in [2.45, 2.75) is 31.4 Å². The van der Waals surface area contributed by atoms with E-state index in [0.717, 1.165) is 0 Å². The summed E-state index contributed by atoms with van der Waals surface area (Å²) in [6.45, 7) is -0.156. The number of rotatable bonds is 3. The van der Waals surface area contributed by atoms with Crippen LogP contribution in [-0.4, -0.2) is 38.6 Å². The first kappa shape index (κ1) is 13.0. The molecule has 18 heavy (non-hydrogen) atoms. The van der Waals surface area contributed by atoms with Gasteiger partial charge in [0, 0.05) is 24.7 Å². The van der Waals surface area contributed by atoms with Crippen molar-refractivity contribution in [3.05, 3.63) is 22.2 Å². The molecule has 6 N–H and O–H groups in total. The third-order valence-electron chi connectivity index (χ3n) is 2.98.